The molecule has 5 heteroatoms. The molecule has 116 valence electrons. The van der Waals surface area contributed by atoms with Gasteiger partial charge in [-0.2, -0.15) is 0 Å². The Kier molecular flexibility index (Phi) is 5.07. The van der Waals surface area contributed by atoms with Crippen molar-refractivity contribution < 1.29 is 14.6 Å². The van der Waals surface area contributed by atoms with Crippen LogP contribution in [-0.4, -0.2) is 42.3 Å². The van der Waals surface area contributed by atoms with Crippen molar-refractivity contribution in [2.75, 3.05) is 25.6 Å². The molecule has 0 aliphatic carbocycles. The van der Waals surface area contributed by atoms with Gasteiger partial charge in [-0.05, 0) is 56.4 Å². The van der Waals surface area contributed by atoms with E-state index in [0.29, 0.717) is 6.54 Å². The highest BCUT2D eigenvalue weighted by atomic mass is 16.5. The van der Waals surface area contributed by atoms with Crippen molar-refractivity contribution in [1.82, 2.24) is 4.90 Å². The monoisotopic (exact) mass is 292 g/mol. The smallest absolute Gasteiger partial charge is 0.322 e. The van der Waals surface area contributed by atoms with E-state index < -0.39 is 0 Å². The van der Waals surface area contributed by atoms with Crippen molar-refractivity contribution >= 4 is 11.7 Å². The van der Waals surface area contributed by atoms with E-state index >= 15 is 0 Å². The Morgan fingerprint density at radius 3 is 2.62 bits per heavy atom. The summed E-state index contributed by atoms with van der Waals surface area (Å²) < 4.78 is 5.33. The molecule has 1 aliphatic rings. The first-order chi connectivity index (χ1) is 10.1. The lowest BCUT2D eigenvalue weighted by molar-refractivity contribution is 0.115. The number of hydrogen-bond donors (Lipinski definition) is 2. The number of aryl methyl sites for hydroxylation is 2. The van der Waals surface area contributed by atoms with Crippen LogP contribution in [0, 0.1) is 13.8 Å². The number of ether oxygens (including phenoxy) is 1. The molecular weight excluding hydrogens is 268 g/mol. The summed E-state index contributed by atoms with van der Waals surface area (Å²) in [5.74, 6) is 0.846. The van der Waals surface area contributed by atoms with E-state index in [-0.39, 0.29) is 18.7 Å². The summed E-state index contributed by atoms with van der Waals surface area (Å²) in [7, 11) is 1.65. The molecule has 1 saturated heterocycles. The van der Waals surface area contributed by atoms with Crippen LogP contribution < -0.4 is 10.1 Å². The molecule has 1 aromatic carbocycles. The first-order valence-corrected chi connectivity index (χ1v) is 7.40. The minimum Gasteiger partial charge on any atom is -0.496 e. The number of nitrogens with one attached hydrogen (secondary N) is 1. The van der Waals surface area contributed by atoms with Crippen molar-refractivity contribution in [3.8, 4) is 5.75 Å². The molecule has 2 amide bonds. The van der Waals surface area contributed by atoms with Gasteiger partial charge in [-0.25, -0.2) is 4.79 Å². The predicted molar refractivity (Wildman–Crippen MR) is 82.9 cm³/mol. The van der Waals surface area contributed by atoms with Gasteiger partial charge in [-0.1, -0.05) is 0 Å². The van der Waals surface area contributed by atoms with Gasteiger partial charge in [-0.3, -0.25) is 0 Å². The number of carbonyl (C=O) groups is 1. The third-order valence-corrected chi connectivity index (χ3v) is 4.01. The second-order valence-electron chi connectivity index (χ2n) is 5.60. The number of likely N-dealkylation sites (tertiary alicyclic amines) is 1. The Morgan fingerprint density at radius 2 is 2.05 bits per heavy atom. The van der Waals surface area contributed by atoms with E-state index in [9.17, 15) is 9.90 Å². The Morgan fingerprint density at radius 1 is 1.38 bits per heavy atom. The fourth-order valence-electron chi connectivity index (χ4n) is 3.00. The van der Waals surface area contributed by atoms with Crippen molar-refractivity contribution in [3.05, 3.63) is 23.3 Å². The first kappa shape index (κ1) is 15.6. The average Bonchev–Trinajstić information content (AvgIpc) is 2.46. The number of amides is 2. The summed E-state index contributed by atoms with van der Waals surface area (Å²) in [5, 5.41) is 12.3. The topological polar surface area (TPSA) is 61.8 Å². The third kappa shape index (κ3) is 3.47. The van der Waals surface area contributed by atoms with Gasteiger partial charge in [0.05, 0.1) is 19.8 Å². The normalized spacial score (nSPS) is 18.5. The maximum absolute atomic E-state index is 12.4. The standard InChI is InChI=1S/C16H24N2O3/c1-11-8-13(9-12(2)15(11)21-3)17-16(20)18-7-5-4-6-14(18)10-19/h8-9,14,19H,4-7,10H2,1-3H3,(H,17,20)/t14-/m0/s1. The number of aliphatic hydroxyl groups excluding tert-OH is 1. The van der Waals surface area contributed by atoms with E-state index in [1.165, 1.54) is 0 Å². The van der Waals surface area contributed by atoms with Crippen LogP contribution in [0.3, 0.4) is 0 Å². The fourth-order valence-corrected chi connectivity index (χ4v) is 3.00. The minimum atomic E-state index is -0.141. The largest absolute Gasteiger partial charge is 0.496 e. The summed E-state index contributed by atoms with van der Waals surface area (Å²) >= 11 is 0. The molecule has 21 heavy (non-hydrogen) atoms. The SMILES string of the molecule is COc1c(C)cc(NC(=O)N2CCCC[C@H]2CO)cc1C. The van der Waals surface area contributed by atoms with Crippen molar-refractivity contribution in [2.24, 2.45) is 0 Å². The molecule has 1 aromatic rings. The Hall–Kier alpha value is -1.75. The maximum Gasteiger partial charge on any atom is 0.322 e. The molecule has 0 radical (unpaired) electrons. The second kappa shape index (κ2) is 6.80. The van der Waals surface area contributed by atoms with Gasteiger partial charge in [-0.15, -0.1) is 0 Å². The molecule has 0 bridgehead atoms. The molecule has 0 spiro atoms. The number of carbonyl (C=O) groups excluding carboxylic acids is 1. The molecule has 0 unspecified atom stereocenters. The zero-order valence-electron chi connectivity index (χ0n) is 13.0. The number of benzene rings is 1. The zero-order valence-corrected chi connectivity index (χ0v) is 13.0. The van der Waals surface area contributed by atoms with E-state index in [1.54, 1.807) is 12.0 Å². The van der Waals surface area contributed by atoms with Gasteiger partial charge in [0.15, 0.2) is 0 Å². The van der Waals surface area contributed by atoms with Gasteiger partial charge in [0, 0.05) is 12.2 Å². The number of aliphatic hydroxyl groups is 1. The lowest BCUT2D eigenvalue weighted by Gasteiger charge is -2.34. The predicted octanol–water partition coefficient (Wildman–Crippen LogP) is 2.69. The number of anilines is 1. The molecule has 2 rings (SSSR count). The number of hydrogen-bond acceptors (Lipinski definition) is 3. The minimum absolute atomic E-state index is 0.0219. The number of nitrogens with zero attached hydrogens (tertiary/aromatic N) is 1. The highest BCUT2D eigenvalue weighted by Crippen LogP contribution is 2.27. The maximum atomic E-state index is 12.4. The summed E-state index contributed by atoms with van der Waals surface area (Å²) in [6, 6.07) is 3.60. The van der Waals surface area contributed by atoms with Crippen LogP contribution in [0.1, 0.15) is 30.4 Å². The number of urea groups is 1. The van der Waals surface area contributed by atoms with Gasteiger partial charge in [0.25, 0.3) is 0 Å². The molecule has 0 aromatic heterocycles. The Balaban J connectivity index is 2.12. The van der Waals surface area contributed by atoms with Gasteiger partial charge in [0.2, 0.25) is 0 Å². The molecule has 1 heterocycles. The number of rotatable bonds is 3. The van der Waals surface area contributed by atoms with Crippen LogP contribution in [0.15, 0.2) is 12.1 Å². The fraction of sp³-hybridized carbons (Fsp3) is 0.562. The Bertz CT molecular complexity index is 493. The first-order valence-electron chi connectivity index (χ1n) is 7.40. The van der Waals surface area contributed by atoms with E-state index in [2.05, 4.69) is 5.32 Å². The quantitative estimate of drug-likeness (QED) is 0.900. The lowest BCUT2D eigenvalue weighted by Crippen LogP contribution is -2.47. The highest BCUT2D eigenvalue weighted by Gasteiger charge is 2.26. The van der Waals surface area contributed by atoms with Crippen LogP contribution >= 0.6 is 0 Å². The molecule has 2 N–H and O–H groups in total. The zero-order chi connectivity index (χ0) is 15.4. The van der Waals surface area contributed by atoms with Gasteiger partial charge >= 0.3 is 6.03 Å². The van der Waals surface area contributed by atoms with Gasteiger partial charge in [0.1, 0.15) is 5.75 Å². The molecule has 0 saturated carbocycles. The van der Waals surface area contributed by atoms with Crippen LogP contribution in [0.2, 0.25) is 0 Å². The Labute approximate surface area is 125 Å². The number of methoxy groups -OCH3 is 1. The highest BCUT2D eigenvalue weighted by molar-refractivity contribution is 5.90. The lowest BCUT2D eigenvalue weighted by atomic mass is 10.0. The summed E-state index contributed by atoms with van der Waals surface area (Å²) in [4.78, 5) is 14.1. The summed E-state index contributed by atoms with van der Waals surface area (Å²) in [6.45, 7) is 4.64. The van der Waals surface area contributed by atoms with Crippen molar-refractivity contribution in [2.45, 2.75) is 39.2 Å². The molecule has 1 fully saturated rings. The van der Waals surface area contributed by atoms with Crippen molar-refractivity contribution in [1.29, 1.82) is 0 Å². The van der Waals surface area contributed by atoms with Crippen LogP contribution in [0.4, 0.5) is 10.5 Å². The third-order valence-electron chi connectivity index (χ3n) is 4.01. The van der Waals surface area contributed by atoms with Crippen LogP contribution in [0.25, 0.3) is 0 Å². The molecule has 5 nitrogen and oxygen atoms in total. The second-order valence-corrected chi connectivity index (χ2v) is 5.60. The van der Waals surface area contributed by atoms with Gasteiger partial charge < -0.3 is 20.1 Å². The number of piperidine rings is 1. The van der Waals surface area contributed by atoms with Crippen LogP contribution in [-0.2, 0) is 0 Å². The molecular formula is C16H24N2O3. The molecule has 1 atom stereocenters. The van der Waals surface area contributed by atoms with E-state index in [0.717, 1.165) is 41.8 Å². The summed E-state index contributed by atoms with van der Waals surface area (Å²) in [6.07, 6.45) is 2.92. The van der Waals surface area contributed by atoms with Crippen molar-refractivity contribution in [3.63, 3.8) is 0 Å². The van der Waals surface area contributed by atoms with Crippen LogP contribution in [0.5, 0.6) is 5.75 Å². The average molecular weight is 292 g/mol. The van der Waals surface area contributed by atoms with E-state index in [1.807, 2.05) is 26.0 Å². The summed E-state index contributed by atoms with van der Waals surface area (Å²) in [5.41, 5.74) is 2.74. The van der Waals surface area contributed by atoms with E-state index in [4.69, 9.17) is 4.74 Å². The molecule has 1 aliphatic heterocycles.